The van der Waals surface area contributed by atoms with E-state index in [0.717, 1.165) is 31.2 Å². The van der Waals surface area contributed by atoms with E-state index in [1.165, 1.54) is 4.31 Å². The molecule has 1 N–H and O–H groups in total. The van der Waals surface area contributed by atoms with Crippen molar-refractivity contribution < 1.29 is 16.8 Å². The maximum Gasteiger partial charge on any atom is 0.243 e. The Labute approximate surface area is 167 Å². The van der Waals surface area contributed by atoms with E-state index in [0.29, 0.717) is 18.7 Å². The summed E-state index contributed by atoms with van der Waals surface area (Å²) in [6.07, 6.45) is 3.68. The van der Waals surface area contributed by atoms with Crippen LogP contribution in [0.2, 0.25) is 0 Å². The van der Waals surface area contributed by atoms with Crippen LogP contribution in [-0.2, 0) is 33.0 Å². The van der Waals surface area contributed by atoms with E-state index in [1.807, 2.05) is 6.92 Å². The van der Waals surface area contributed by atoms with Crippen LogP contribution in [0.5, 0.6) is 0 Å². The number of nitrogens with one attached hydrogen (secondary N) is 1. The third-order valence-corrected chi connectivity index (χ3v) is 8.31. The third-order valence-electron chi connectivity index (χ3n) is 4.98. The predicted molar refractivity (Wildman–Crippen MR) is 109 cm³/mol. The Balaban J connectivity index is 1.66. The summed E-state index contributed by atoms with van der Waals surface area (Å²) in [5, 5.41) is 0. The fourth-order valence-electron chi connectivity index (χ4n) is 3.20. The van der Waals surface area contributed by atoms with Gasteiger partial charge in [0.2, 0.25) is 20.0 Å². The summed E-state index contributed by atoms with van der Waals surface area (Å²) in [6.45, 7) is 3.22. The highest BCUT2D eigenvalue weighted by atomic mass is 32.2. The third kappa shape index (κ3) is 4.81. The van der Waals surface area contributed by atoms with Gasteiger partial charge in [0.15, 0.2) is 0 Å². The fourth-order valence-corrected chi connectivity index (χ4v) is 5.73. The van der Waals surface area contributed by atoms with Crippen molar-refractivity contribution >= 4 is 20.0 Å². The number of nitrogens with zero attached hydrogens (tertiary/aromatic N) is 1. The zero-order chi connectivity index (χ0) is 20.2. The lowest BCUT2D eigenvalue weighted by molar-refractivity contribution is 0.346. The Hall–Kier alpha value is -1.74. The zero-order valence-electron chi connectivity index (χ0n) is 16.0. The molecule has 0 atom stereocenters. The molecule has 1 aliphatic rings. The van der Waals surface area contributed by atoms with Gasteiger partial charge in [0.25, 0.3) is 0 Å². The van der Waals surface area contributed by atoms with Gasteiger partial charge in [-0.15, -0.1) is 0 Å². The van der Waals surface area contributed by atoms with Crippen LogP contribution in [-0.4, -0.2) is 34.2 Å². The quantitative estimate of drug-likeness (QED) is 0.744. The van der Waals surface area contributed by atoms with Crippen molar-refractivity contribution in [2.24, 2.45) is 0 Å². The minimum Gasteiger partial charge on any atom is -0.207 e. The maximum atomic E-state index is 12.7. The van der Waals surface area contributed by atoms with Gasteiger partial charge in [0.1, 0.15) is 0 Å². The van der Waals surface area contributed by atoms with Gasteiger partial charge in [-0.25, -0.2) is 21.6 Å². The van der Waals surface area contributed by atoms with E-state index in [9.17, 15) is 16.8 Å². The smallest absolute Gasteiger partial charge is 0.207 e. The molecular formula is C20H26N2O4S2. The number of hydrogen-bond donors (Lipinski definition) is 1. The first kappa shape index (κ1) is 21.0. The van der Waals surface area contributed by atoms with Crippen LogP contribution in [0.15, 0.2) is 58.3 Å². The highest BCUT2D eigenvalue weighted by Crippen LogP contribution is 2.21. The van der Waals surface area contributed by atoms with Gasteiger partial charge in [-0.05, 0) is 54.7 Å². The SMILES string of the molecule is CCc1ccc(S(=O)(=O)NCc2ccc(S(=O)(=O)N3CCCCC3)cc2)cc1. The molecule has 8 heteroatoms. The first-order chi connectivity index (χ1) is 13.3. The van der Waals surface area contributed by atoms with Crippen molar-refractivity contribution in [3.8, 4) is 0 Å². The van der Waals surface area contributed by atoms with Crippen molar-refractivity contribution in [2.45, 2.75) is 48.9 Å². The molecule has 0 unspecified atom stereocenters. The highest BCUT2D eigenvalue weighted by molar-refractivity contribution is 7.89. The molecule has 2 aromatic carbocycles. The zero-order valence-corrected chi connectivity index (χ0v) is 17.6. The second-order valence-electron chi connectivity index (χ2n) is 6.93. The first-order valence-electron chi connectivity index (χ1n) is 9.50. The summed E-state index contributed by atoms with van der Waals surface area (Å²) in [4.78, 5) is 0.463. The Morgan fingerprint density at radius 3 is 1.89 bits per heavy atom. The average molecular weight is 423 g/mol. The largest absolute Gasteiger partial charge is 0.243 e. The van der Waals surface area contributed by atoms with Crippen molar-refractivity contribution in [1.29, 1.82) is 0 Å². The van der Waals surface area contributed by atoms with E-state index in [-0.39, 0.29) is 16.3 Å². The van der Waals surface area contributed by atoms with Crippen LogP contribution < -0.4 is 4.72 Å². The molecule has 2 aromatic rings. The molecule has 3 rings (SSSR count). The standard InChI is InChI=1S/C20H26N2O4S2/c1-2-17-6-10-19(11-7-17)27(23,24)21-16-18-8-12-20(13-9-18)28(25,26)22-14-4-3-5-15-22/h6-13,21H,2-5,14-16H2,1H3. The van der Waals surface area contributed by atoms with Crippen LogP contribution in [0, 0.1) is 0 Å². The fraction of sp³-hybridized carbons (Fsp3) is 0.400. The van der Waals surface area contributed by atoms with Gasteiger partial charge < -0.3 is 0 Å². The van der Waals surface area contributed by atoms with E-state index in [1.54, 1.807) is 48.5 Å². The van der Waals surface area contributed by atoms with Crippen LogP contribution in [0.25, 0.3) is 0 Å². The van der Waals surface area contributed by atoms with E-state index in [2.05, 4.69) is 4.72 Å². The number of benzene rings is 2. The molecule has 0 bridgehead atoms. The monoisotopic (exact) mass is 422 g/mol. The molecule has 0 aromatic heterocycles. The molecule has 6 nitrogen and oxygen atoms in total. The lowest BCUT2D eigenvalue weighted by atomic mass is 10.2. The summed E-state index contributed by atoms with van der Waals surface area (Å²) < 4.78 is 54.3. The summed E-state index contributed by atoms with van der Waals surface area (Å²) in [5.41, 5.74) is 1.77. The van der Waals surface area contributed by atoms with Crippen molar-refractivity contribution in [3.05, 3.63) is 59.7 Å². The van der Waals surface area contributed by atoms with Crippen LogP contribution >= 0.6 is 0 Å². The molecule has 0 amide bonds. The molecule has 1 saturated heterocycles. The van der Waals surface area contributed by atoms with Gasteiger partial charge in [-0.2, -0.15) is 4.31 Å². The van der Waals surface area contributed by atoms with Gasteiger partial charge in [-0.1, -0.05) is 37.6 Å². The predicted octanol–water partition coefficient (Wildman–Crippen LogP) is 2.90. The van der Waals surface area contributed by atoms with Gasteiger partial charge in [-0.3, -0.25) is 0 Å². The van der Waals surface area contributed by atoms with Gasteiger partial charge in [0, 0.05) is 19.6 Å². The Kier molecular flexibility index (Phi) is 6.54. The van der Waals surface area contributed by atoms with Gasteiger partial charge >= 0.3 is 0 Å². The Bertz CT molecular complexity index is 993. The van der Waals surface area contributed by atoms with Crippen molar-refractivity contribution in [2.75, 3.05) is 13.1 Å². The molecule has 1 fully saturated rings. The Morgan fingerprint density at radius 1 is 0.786 bits per heavy atom. The molecule has 0 aliphatic carbocycles. The highest BCUT2D eigenvalue weighted by Gasteiger charge is 2.25. The summed E-state index contributed by atoms with van der Waals surface area (Å²) in [7, 11) is -7.09. The molecule has 0 saturated carbocycles. The topological polar surface area (TPSA) is 83.5 Å². The molecule has 0 spiro atoms. The minimum absolute atomic E-state index is 0.0991. The maximum absolute atomic E-state index is 12.7. The molecule has 1 aliphatic heterocycles. The first-order valence-corrected chi connectivity index (χ1v) is 12.4. The number of sulfonamides is 2. The number of hydrogen-bond acceptors (Lipinski definition) is 4. The molecule has 152 valence electrons. The van der Waals surface area contributed by atoms with E-state index in [4.69, 9.17) is 0 Å². The summed E-state index contributed by atoms with van der Waals surface area (Å²) >= 11 is 0. The van der Waals surface area contributed by atoms with Crippen molar-refractivity contribution in [1.82, 2.24) is 9.03 Å². The van der Waals surface area contributed by atoms with Crippen LogP contribution in [0.4, 0.5) is 0 Å². The summed E-state index contributed by atoms with van der Waals surface area (Å²) in [5.74, 6) is 0. The van der Waals surface area contributed by atoms with Crippen LogP contribution in [0.1, 0.15) is 37.3 Å². The second-order valence-corrected chi connectivity index (χ2v) is 10.6. The molecule has 28 heavy (non-hydrogen) atoms. The summed E-state index contributed by atoms with van der Waals surface area (Å²) in [6, 6.07) is 13.2. The minimum atomic E-state index is -3.62. The van der Waals surface area contributed by atoms with Gasteiger partial charge in [0.05, 0.1) is 9.79 Å². The molecule has 0 radical (unpaired) electrons. The average Bonchev–Trinajstić information content (AvgIpc) is 2.73. The molecule has 1 heterocycles. The number of aryl methyl sites for hydroxylation is 1. The second kappa shape index (κ2) is 8.73. The van der Waals surface area contributed by atoms with Crippen molar-refractivity contribution in [3.63, 3.8) is 0 Å². The van der Waals surface area contributed by atoms with E-state index < -0.39 is 20.0 Å². The van der Waals surface area contributed by atoms with Crippen LogP contribution in [0.3, 0.4) is 0 Å². The number of piperidine rings is 1. The normalized spacial score (nSPS) is 16.2. The Morgan fingerprint density at radius 2 is 1.32 bits per heavy atom. The number of rotatable bonds is 7. The van der Waals surface area contributed by atoms with E-state index >= 15 is 0 Å². The lowest BCUT2D eigenvalue weighted by Crippen LogP contribution is -2.35. The lowest BCUT2D eigenvalue weighted by Gasteiger charge is -2.25. The molecular weight excluding hydrogens is 396 g/mol.